The molecule has 0 saturated carbocycles. The Morgan fingerprint density at radius 1 is 0.661 bits per heavy atom. The summed E-state index contributed by atoms with van der Waals surface area (Å²) in [6, 6.07) is 11.2. The molecule has 2 aliphatic heterocycles. The lowest BCUT2D eigenvalue weighted by molar-refractivity contribution is -0.385. The number of amides is 2. The van der Waals surface area contributed by atoms with E-state index < -0.39 is 69.3 Å². The molecule has 2 N–H and O–H groups in total. The van der Waals surface area contributed by atoms with Crippen LogP contribution in [0.5, 0.6) is 23.0 Å². The monoisotopic (exact) mass is 824 g/mol. The normalized spacial score (nSPS) is 18.5. The summed E-state index contributed by atoms with van der Waals surface area (Å²) in [7, 11) is 3.55. The number of aliphatic hydroxyl groups is 2. The summed E-state index contributed by atoms with van der Waals surface area (Å²) in [5.41, 5.74) is -1.19. The maximum Gasteiger partial charge on any atom is 0.328 e. The van der Waals surface area contributed by atoms with E-state index in [1.54, 1.807) is 24.3 Å². The van der Waals surface area contributed by atoms with E-state index in [0.29, 0.717) is 19.3 Å². The third-order valence-corrected chi connectivity index (χ3v) is 9.77. The molecule has 0 radical (unpaired) electrons. The molecule has 316 valence electrons. The molecule has 0 bridgehead atoms. The first-order valence-corrected chi connectivity index (χ1v) is 18.5. The minimum Gasteiger partial charge on any atom is -0.493 e. The Balaban J connectivity index is 1.25. The zero-order valence-electron chi connectivity index (χ0n) is 32.5. The van der Waals surface area contributed by atoms with E-state index in [9.17, 15) is 49.6 Å². The van der Waals surface area contributed by atoms with Gasteiger partial charge in [0.1, 0.15) is 29.8 Å². The summed E-state index contributed by atoms with van der Waals surface area (Å²) >= 11 is 0. The van der Waals surface area contributed by atoms with Crippen LogP contribution in [0.15, 0.2) is 54.6 Å². The quantitative estimate of drug-likeness (QED) is 0.0808. The number of β-amino-alcohol motifs (C(OH)–C–C–N with tert-alkyl or cyclic N) is 2. The van der Waals surface area contributed by atoms with E-state index in [2.05, 4.69) is 0 Å². The maximum absolute atomic E-state index is 13.7. The van der Waals surface area contributed by atoms with Crippen molar-refractivity contribution in [3.05, 3.63) is 91.5 Å². The van der Waals surface area contributed by atoms with E-state index in [1.165, 1.54) is 13.2 Å². The van der Waals surface area contributed by atoms with E-state index in [-0.39, 0.29) is 79.9 Å². The Bertz CT molecular complexity index is 2050. The first kappa shape index (κ1) is 43.6. The number of nitrogens with zero attached hydrogens (tertiary/aromatic N) is 4. The standard InChI is InChI=1S/C39H44N4O16/c1-54-32-16-26(36(46)40-20-24(44)14-30(40)38(48)55-2)28(42(50)51)18-34(32)57-12-8-5-9-13-58-35-19-29(43(52)53)27(17-33(35)59-22-23-10-6-4-7-11-23)37(47)41-21-25(45)15-31(41)39(49)56-3/h4,6-7,10-11,16-19,24-25,30-31,44-45H,5,8-9,12-15,20-22H2,1-3H3/t24-,25-,30+,31+/m1/s1. The van der Waals surface area contributed by atoms with Gasteiger partial charge in [-0.2, -0.15) is 0 Å². The van der Waals surface area contributed by atoms with Crippen molar-refractivity contribution in [2.24, 2.45) is 0 Å². The van der Waals surface area contributed by atoms with Crippen molar-refractivity contribution in [3.63, 3.8) is 0 Å². The second-order valence-electron chi connectivity index (χ2n) is 13.7. The fraction of sp³-hybridized carbons (Fsp3) is 0.436. The summed E-state index contributed by atoms with van der Waals surface area (Å²) in [5, 5.41) is 44.7. The number of likely N-dealkylation sites (tertiary alicyclic amines) is 2. The van der Waals surface area contributed by atoms with E-state index in [1.807, 2.05) is 6.07 Å². The number of nitro groups is 2. The van der Waals surface area contributed by atoms with Gasteiger partial charge in [0.15, 0.2) is 23.0 Å². The molecule has 2 aliphatic rings. The van der Waals surface area contributed by atoms with Gasteiger partial charge < -0.3 is 48.4 Å². The van der Waals surface area contributed by atoms with Gasteiger partial charge in [-0.25, -0.2) is 9.59 Å². The van der Waals surface area contributed by atoms with Crippen LogP contribution in [-0.4, -0.2) is 126 Å². The number of ether oxygens (including phenoxy) is 6. The van der Waals surface area contributed by atoms with Gasteiger partial charge in [0.25, 0.3) is 23.2 Å². The smallest absolute Gasteiger partial charge is 0.328 e. The van der Waals surface area contributed by atoms with Crippen LogP contribution in [0.3, 0.4) is 0 Å². The van der Waals surface area contributed by atoms with E-state index >= 15 is 0 Å². The lowest BCUT2D eigenvalue weighted by atomic mass is 10.1. The Morgan fingerprint density at radius 2 is 1.10 bits per heavy atom. The summed E-state index contributed by atoms with van der Waals surface area (Å²) < 4.78 is 32.6. The number of rotatable bonds is 18. The summed E-state index contributed by atoms with van der Waals surface area (Å²) in [5.74, 6) is -3.27. The van der Waals surface area contributed by atoms with Crippen molar-refractivity contribution >= 4 is 35.1 Å². The molecular formula is C39H44N4O16. The molecule has 0 spiro atoms. The topological polar surface area (TPSA) is 257 Å². The molecule has 2 heterocycles. The number of carbonyl (C=O) groups is 4. The zero-order valence-corrected chi connectivity index (χ0v) is 32.5. The van der Waals surface area contributed by atoms with Gasteiger partial charge in [-0.05, 0) is 24.8 Å². The highest BCUT2D eigenvalue weighted by molar-refractivity contribution is 6.02. The van der Waals surface area contributed by atoms with Crippen molar-refractivity contribution in [1.29, 1.82) is 0 Å². The van der Waals surface area contributed by atoms with E-state index in [0.717, 1.165) is 47.8 Å². The number of aliphatic hydroxyl groups excluding tert-OH is 2. The largest absolute Gasteiger partial charge is 0.493 e. The molecule has 2 fully saturated rings. The SMILES string of the molecule is COC(=O)[C@@H]1C[C@@H](O)CN1C(=O)c1cc(OC)c(OCCCCCOc2cc([N+](=O)[O-])c(C(=O)N3C[C@H](O)C[C@H]3C(=O)OC)cc2OCc2ccccc2)cc1[N+](=O)[O-]. The van der Waals surface area contributed by atoms with Crippen LogP contribution in [0.1, 0.15) is 58.4 Å². The number of unbranched alkanes of at least 4 members (excludes halogenated alkanes) is 2. The van der Waals surface area contributed by atoms with Crippen LogP contribution in [0, 0.1) is 20.2 Å². The molecule has 5 rings (SSSR count). The number of carbonyl (C=O) groups excluding carboxylic acids is 4. The van der Waals surface area contributed by atoms with E-state index in [4.69, 9.17) is 28.4 Å². The van der Waals surface area contributed by atoms with Gasteiger partial charge in [0.05, 0.1) is 68.7 Å². The van der Waals surface area contributed by atoms with Crippen LogP contribution in [0.4, 0.5) is 11.4 Å². The minimum atomic E-state index is -1.14. The molecule has 2 saturated heterocycles. The molecule has 3 aromatic rings. The molecule has 3 aromatic carbocycles. The van der Waals surface area contributed by atoms with Crippen molar-refractivity contribution in [1.82, 2.24) is 9.80 Å². The molecule has 20 heteroatoms. The number of benzene rings is 3. The van der Waals surface area contributed by atoms with Crippen LogP contribution >= 0.6 is 0 Å². The lowest BCUT2D eigenvalue weighted by Crippen LogP contribution is -2.41. The predicted octanol–water partition coefficient (Wildman–Crippen LogP) is 3.22. The van der Waals surface area contributed by atoms with Gasteiger partial charge in [-0.3, -0.25) is 29.8 Å². The fourth-order valence-electron chi connectivity index (χ4n) is 6.83. The molecule has 0 aliphatic carbocycles. The van der Waals surface area contributed by atoms with Crippen molar-refractivity contribution < 1.29 is 67.7 Å². The predicted molar refractivity (Wildman–Crippen MR) is 203 cm³/mol. The Labute approximate surface area is 337 Å². The zero-order chi connectivity index (χ0) is 42.8. The lowest BCUT2D eigenvalue weighted by Gasteiger charge is -2.23. The van der Waals surface area contributed by atoms with Gasteiger partial charge in [-0.15, -0.1) is 0 Å². The Morgan fingerprint density at radius 3 is 1.54 bits per heavy atom. The minimum absolute atomic E-state index is 0.0125. The molecule has 0 unspecified atom stereocenters. The second-order valence-corrected chi connectivity index (χ2v) is 13.7. The average molecular weight is 825 g/mol. The van der Waals surface area contributed by atoms with Crippen molar-refractivity contribution in [2.45, 2.75) is 63.0 Å². The van der Waals surface area contributed by atoms with Crippen LogP contribution in [0.25, 0.3) is 0 Å². The summed E-state index contributed by atoms with van der Waals surface area (Å²) in [4.78, 5) is 76.6. The van der Waals surface area contributed by atoms with Crippen molar-refractivity contribution in [2.75, 3.05) is 47.6 Å². The number of nitro benzene ring substituents is 2. The number of hydrogen-bond acceptors (Lipinski definition) is 16. The first-order valence-electron chi connectivity index (χ1n) is 18.5. The maximum atomic E-state index is 13.7. The molecular weight excluding hydrogens is 780 g/mol. The fourth-order valence-corrected chi connectivity index (χ4v) is 6.83. The molecule has 2 amide bonds. The molecule has 4 atom stereocenters. The summed E-state index contributed by atoms with van der Waals surface area (Å²) in [6.07, 6.45) is -0.919. The number of methoxy groups -OCH3 is 3. The molecule has 0 aromatic heterocycles. The second kappa shape index (κ2) is 19.7. The van der Waals surface area contributed by atoms with Gasteiger partial charge in [-0.1, -0.05) is 30.3 Å². The highest BCUT2D eigenvalue weighted by Crippen LogP contribution is 2.39. The highest BCUT2D eigenvalue weighted by Gasteiger charge is 2.43. The van der Waals surface area contributed by atoms with Crippen LogP contribution < -0.4 is 18.9 Å². The third kappa shape index (κ3) is 10.3. The van der Waals surface area contributed by atoms with Gasteiger partial charge in [0.2, 0.25) is 0 Å². The Hall–Kier alpha value is -6.54. The molecule has 59 heavy (non-hydrogen) atoms. The average Bonchev–Trinajstić information content (AvgIpc) is 3.83. The van der Waals surface area contributed by atoms with Gasteiger partial charge in [0, 0.05) is 38.1 Å². The van der Waals surface area contributed by atoms with Crippen LogP contribution in [-0.2, 0) is 25.7 Å². The van der Waals surface area contributed by atoms with Crippen LogP contribution in [0.2, 0.25) is 0 Å². The number of esters is 2. The summed E-state index contributed by atoms with van der Waals surface area (Å²) in [6.45, 7) is -0.324. The Kier molecular flexibility index (Phi) is 14.6. The first-order chi connectivity index (χ1) is 28.3. The van der Waals surface area contributed by atoms with Gasteiger partial charge >= 0.3 is 11.9 Å². The highest BCUT2D eigenvalue weighted by atomic mass is 16.6. The van der Waals surface area contributed by atoms with Crippen molar-refractivity contribution in [3.8, 4) is 23.0 Å². The number of hydrogen-bond donors (Lipinski definition) is 2. The molecule has 20 nitrogen and oxygen atoms in total. The third-order valence-electron chi connectivity index (χ3n) is 9.77.